The molecular weight excluding hydrogens is 325 g/mol. The lowest BCUT2D eigenvalue weighted by molar-refractivity contribution is 0.252. The first-order chi connectivity index (χ1) is 9.51. The highest BCUT2D eigenvalue weighted by atomic mass is 35.5. The second kappa shape index (κ2) is 6.61. The molecule has 0 saturated heterocycles. The van der Waals surface area contributed by atoms with E-state index in [2.05, 4.69) is 10.3 Å². The highest BCUT2D eigenvalue weighted by molar-refractivity contribution is 7.99. The summed E-state index contributed by atoms with van der Waals surface area (Å²) in [6.07, 6.45) is 0. The molecule has 1 aromatic heterocycles. The summed E-state index contributed by atoms with van der Waals surface area (Å²) < 4.78 is 24.5. The van der Waals surface area contributed by atoms with Crippen LogP contribution in [0.2, 0.25) is 10.0 Å². The van der Waals surface area contributed by atoms with E-state index >= 15 is 0 Å². The Labute approximate surface area is 129 Å². The van der Waals surface area contributed by atoms with Gasteiger partial charge in [-0.05, 0) is 18.2 Å². The first-order valence-corrected chi connectivity index (χ1v) is 7.24. The summed E-state index contributed by atoms with van der Waals surface area (Å²) in [5, 5.41) is 3.69. The molecule has 7 heteroatoms. The maximum atomic E-state index is 12.3. The Hall–Kier alpha value is -1.04. The molecule has 0 radical (unpaired) electrons. The molecule has 0 unspecified atom stereocenters. The number of nitrogens with zero attached hydrogens (tertiary/aromatic N) is 1. The quantitative estimate of drug-likeness (QED) is 0.756. The van der Waals surface area contributed by atoms with Gasteiger partial charge in [-0.2, -0.15) is 8.78 Å². The number of alkyl halides is 2. The van der Waals surface area contributed by atoms with Crippen molar-refractivity contribution in [1.82, 2.24) is 4.98 Å². The lowest BCUT2D eigenvalue weighted by Crippen LogP contribution is -1.96. The Kier molecular flexibility index (Phi) is 5.07. The van der Waals surface area contributed by atoms with E-state index in [1.165, 1.54) is 0 Å². The summed E-state index contributed by atoms with van der Waals surface area (Å²) in [6.45, 7) is 0. The van der Waals surface area contributed by atoms with Crippen molar-refractivity contribution in [3.05, 3.63) is 40.4 Å². The highest BCUT2D eigenvalue weighted by Gasteiger charge is 2.11. The minimum atomic E-state index is -2.44. The highest BCUT2D eigenvalue weighted by Crippen LogP contribution is 2.33. The molecule has 1 aromatic carbocycles. The van der Waals surface area contributed by atoms with Crippen LogP contribution in [-0.2, 0) is 0 Å². The van der Waals surface area contributed by atoms with E-state index < -0.39 is 5.76 Å². The summed E-state index contributed by atoms with van der Waals surface area (Å²) >= 11 is 12.6. The normalized spacial score (nSPS) is 10.9. The molecule has 1 heterocycles. The molecule has 2 nitrogen and oxygen atoms in total. The van der Waals surface area contributed by atoms with Crippen LogP contribution in [0, 0.1) is 0 Å². The van der Waals surface area contributed by atoms with Gasteiger partial charge in [-0.3, -0.25) is 0 Å². The number of hydrogen-bond acceptors (Lipinski definition) is 3. The number of pyridine rings is 1. The molecule has 0 spiro atoms. The van der Waals surface area contributed by atoms with Crippen LogP contribution in [0.1, 0.15) is 0 Å². The SMILES string of the molecule is CNc1nc(-c2ccc(SC(F)F)cc2)c(Cl)cc1Cl. The third-order valence-electron chi connectivity index (χ3n) is 2.52. The molecule has 0 fully saturated rings. The fourth-order valence-corrected chi connectivity index (χ4v) is 2.70. The minimum Gasteiger partial charge on any atom is -0.372 e. The molecule has 2 aromatic rings. The van der Waals surface area contributed by atoms with E-state index in [1.807, 2.05) is 0 Å². The van der Waals surface area contributed by atoms with E-state index in [9.17, 15) is 8.78 Å². The zero-order valence-corrected chi connectivity index (χ0v) is 12.7. The first kappa shape index (κ1) is 15.4. The number of nitrogens with one attached hydrogen (secondary N) is 1. The van der Waals surface area contributed by atoms with E-state index in [-0.39, 0.29) is 0 Å². The second-order valence-corrected chi connectivity index (χ2v) is 5.68. The first-order valence-electron chi connectivity index (χ1n) is 5.60. The van der Waals surface area contributed by atoms with Crippen LogP contribution in [0.25, 0.3) is 11.3 Å². The van der Waals surface area contributed by atoms with E-state index in [0.29, 0.717) is 38.2 Å². The van der Waals surface area contributed by atoms with E-state index in [1.54, 1.807) is 37.4 Å². The van der Waals surface area contributed by atoms with Crippen molar-refractivity contribution in [2.75, 3.05) is 12.4 Å². The van der Waals surface area contributed by atoms with Crippen molar-refractivity contribution in [2.45, 2.75) is 10.7 Å². The summed E-state index contributed by atoms with van der Waals surface area (Å²) in [7, 11) is 1.70. The van der Waals surface area contributed by atoms with Gasteiger partial charge in [-0.25, -0.2) is 4.98 Å². The van der Waals surface area contributed by atoms with Gasteiger partial charge in [0.1, 0.15) is 5.82 Å². The summed E-state index contributed by atoms with van der Waals surface area (Å²) in [5.74, 6) is -1.92. The predicted octanol–water partition coefficient (Wildman–Crippen LogP) is 5.41. The molecule has 0 aliphatic heterocycles. The number of thioether (sulfide) groups is 1. The minimum absolute atomic E-state index is 0.406. The fraction of sp³-hybridized carbons (Fsp3) is 0.154. The summed E-state index contributed by atoms with van der Waals surface area (Å²) in [6, 6.07) is 8.22. The van der Waals surface area contributed by atoms with Crippen LogP contribution in [0.4, 0.5) is 14.6 Å². The maximum Gasteiger partial charge on any atom is 0.288 e. The Morgan fingerprint density at radius 1 is 1.15 bits per heavy atom. The average molecular weight is 335 g/mol. The van der Waals surface area contributed by atoms with Crippen molar-refractivity contribution in [3.63, 3.8) is 0 Å². The van der Waals surface area contributed by atoms with Crippen molar-refractivity contribution in [2.24, 2.45) is 0 Å². The van der Waals surface area contributed by atoms with Gasteiger partial charge in [0, 0.05) is 17.5 Å². The zero-order valence-electron chi connectivity index (χ0n) is 10.3. The van der Waals surface area contributed by atoms with Crippen LogP contribution in [0.15, 0.2) is 35.2 Å². The largest absolute Gasteiger partial charge is 0.372 e. The molecule has 0 amide bonds. The van der Waals surface area contributed by atoms with Gasteiger partial charge in [-0.1, -0.05) is 47.1 Å². The van der Waals surface area contributed by atoms with E-state index in [0.717, 1.165) is 5.56 Å². The van der Waals surface area contributed by atoms with Crippen LogP contribution in [0.3, 0.4) is 0 Å². The number of hydrogen-bond donors (Lipinski definition) is 1. The summed E-state index contributed by atoms with van der Waals surface area (Å²) in [4.78, 5) is 4.81. The Bertz CT molecular complexity index is 606. The predicted molar refractivity (Wildman–Crippen MR) is 81.1 cm³/mol. The number of aromatic nitrogens is 1. The van der Waals surface area contributed by atoms with E-state index in [4.69, 9.17) is 23.2 Å². The lowest BCUT2D eigenvalue weighted by atomic mass is 10.1. The number of anilines is 1. The van der Waals surface area contributed by atoms with Crippen molar-refractivity contribution < 1.29 is 8.78 Å². The van der Waals surface area contributed by atoms with Crippen molar-refractivity contribution >= 4 is 40.8 Å². The molecule has 0 atom stereocenters. The molecule has 0 saturated carbocycles. The van der Waals surface area contributed by atoms with Gasteiger partial charge >= 0.3 is 0 Å². The molecule has 0 aliphatic carbocycles. The van der Waals surface area contributed by atoms with Gasteiger partial charge in [0.15, 0.2) is 0 Å². The van der Waals surface area contributed by atoms with Crippen LogP contribution in [0.5, 0.6) is 0 Å². The second-order valence-electron chi connectivity index (χ2n) is 3.80. The smallest absolute Gasteiger partial charge is 0.288 e. The third-order valence-corrected chi connectivity index (χ3v) is 3.82. The van der Waals surface area contributed by atoms with Crippen LogP contribution < -0.4 is 5.32 Å². The standard InChI is InChI=1S/C13H10Cl2F2N2S/c1-18-12-10(15)6-9(14)11(19-12)7-2-4-8(5-3-7)20-13(16)17/h2-6,13H,1H3,(H,18,19). The monoisotopic (exact) mass is 334 g/mol. The van der Waals surface area contributed by atoms with Crippen molar-refractivity contribution in [1.29, 1.82) is 0 Å². The zero-order chi connectivity index (χ0) is 14.7. The number of benzene rings is 1. The Morgan fingerprint density at radius 3 is 2.35 bits per heavy atom. The van der Waals surface area contributed by atoms with Crippen molar-refractivity contribution in [3.8, 4) is 11.3 Å². The third kappa shape index (κ3) is 3.53. The van der Waals surface area contributed by atoms with Crippen LogP contribution in [-0.4, -0.2) is 17.8 Å². The number of rotatable bonds is 4. The van der Waals surface area contributed by atoms with Gasteiger partial charge in [0.25, 0.3) is 5.76 Å². The lowest BCUT2D eigenvalue weighted by Gasteiger charge is -2.09. The molecule has 1 N–H and O–H groups in total. The molecule has 2 rings (SSSR count). The molecule has 106 valence electrons. The van der Waals surface area contributed by atoms with Gasteiger partial charge in [0.05, 0.1) is 15.7 Å². The topological polar surface area (TPSA) is 24.9 Å². The summed E-state index contributed by atoms with van der Waals surface area (Å²) in [5.41, 5.74) is 1.29. The average Bonchev–Trinajstić information content (AvgIpc) is 2.39. The van der Waals surface area contributed by atoms with Gasteiger partial charge in [-0.15, -0.1) is 0 Å². The maximum absolute atomic E-state index is 12.3. The molecule has 0 bridgehead atoms. The molecule has 0 aliphatic rings. The van der Waals surface area contributed by atoms with Gasteiger partial charge < -0.3 is 5.32 Å². The fourth-order valence-electron chi connectivity index (χ4n) is 1.64. The Morgan fingerprint density at radius 2 is 1.80 bits per heavy atom. The van der Waals surface area contributed by atoms with Gasteiger partial charge in [0.2, 0.25) is 0 Å². The van der Waals surface area contributed by atoms with Crippen LogP contribution >= 0.6 is 35.0 Å². The molecular formula is C13H10Cl2F2N2S. The number of halogens is 4. The molecule has 20 heavy (non-hydrogen) atoms. The Balaban J connectivity index is 2.36.